The van der Waals surface area contributed by atoms with Crippen molar-refractivity contribution in [3.05, 3.63) is 64.2 Å². The van der Waals surface area contributed by atoms with Gasteiger partial charge in [0.1, 0.15) is 34.7 Å². The maximum atomic E-state index is 12.8. The molecule has 0 spiro atoms. The molecule has 0 saturated heterocycles. The van der Waals surface area contributed by atoms with E-state index in [0.717, 1.165) is 78.5 Å². The van der Waals surface area contributed by atoms with E-state index in [1.54, 1.807) is 0 Å². The van der Waals surface area contributed by atoms with Gasteiger partial charge in [-0.15, -0.1) is 0 Å². The number of ether oxygens (including phenoxy) is 2. The Morgan fingerprint density at radius 3 is 2.12 bits per heavy atom. The minimum atomic E-state index is -0.871. The summed E-state index contributed by atoms with van der Waals surface area (Å²) in [6.45, 7) is 18.4. The first kappa shape index (κ1) is 36.0. The van der Waals surface area contributed by atoms with Crippen molar-refractivity contribution in [1.82, 2.24) is 0 Å². The Labute approximate surface area is 288 Å². The van der Waals surface area contributed by atoms with Gasteiger partial charge in [0, 0.05) is 23.0 Å². The van der Waals surface area contributed by atoms with Crippen LogP contribution in [0, 0.1) is 11.8 Å². The number of aromatic hydroxyl groups is 2. The summed E-state index contributed by atoms with van der Waals surface area (Å²) >= 11 is 0. The Morgan fingerprint density at radius 1 is 0.917 bits per heavy atom. The highest BCUT2D eigenvalue weighted by Crippen LogP contribution is 2.56. The average molecular weight is 659 g/mol. The summed E-state index contributed by atoms with van der Waals surface area (Å²) < 4.78 is 12.4. The fourth-order valence-electron chi connectivity index (χ4n) is 8.37. The second-order valence-electron chi connectivity index (χ2n) is 15.6. The van der Waals surface area contributed by atoms with E-state index >= 15 is 0 Å². The fourth-order valence-corrected chi connectivity index (χ4v) is 8.37. The predicted octanol–water partition coefficient (Wildman–Crippen LogP) is 9.76. The Hall–Kier alpha value is -3.25. The highest BCUT2D eigenvalue weighted by Gasteiger charge is 2.53. The van der Waals surface area contributed by atoms with Gasteiger partial charge in [-0.1, -0.05) is 58.6 Å². The molecule has 4 aliphatic rings. The summed E-state index contributed by atoms with van der Waals surface area (Å²) in [5.74, 6) is 2.30. The van der Waals surface area contributed by atoms with Crippen LogP contribution >= 0.6 is 0 Å². The Bertz CT molecular complexity index is 1560. The van der Waals surface area contributed by atoms with Crippen LogP contribution in [0.5, 0.6) is 23.0 Å². The van der Waals surface area contributed by atoms with Gasteiger partial charge in [-0.2, -0.15) is 0 Å². The van der Waals surface area contributed by atoms with Crippen LogP contribution in [-0.2, 0) is 17.6 Å². The van der Waals surface area contributed by atoms with Crippen LogP contribution < -0.4 is 9.47 Å². The second-order valence-corrected chi connectivity index (χ2v) is 15.6. The third-order valence-corrected chi connectivity index (χ3v) is 11.2. The summed E-state index contributed by atoms with van der Waals surface area (Å²) in [5, 5.41) is 32.1. The maximum Gasteiger partial charge on any atom is 0.166 e. The molecule has 2 aliphatic carbocycles. The molecule has 3 N–H and O–H groups in total. The van der Waals surface area contributed by atoms with Gasteiger partial charge in [0.25, 0.3) is 0 Å². The molecule has 0 amide bonds. The van der Waals surface area contributed by atoms with Gasteiger partial charge >= 0.3 is 0 Å². The van der Waals surface area contributed by atoms with Gasteiger partial charge < -0.3 is 24.8 Å². The molecule has 0 aromatic heterocycles. The summed E-state index contributed by atoms with van der Waals surface area (Å²) in [7, 11) is 0. The zero-order valence-electron chi connectivity index (χ0n) is 30.4. The lowest BCUT2D eigenvalue weighted by molar-refractivity contribution is -0.117. The largest absolute Gasteiger partial charge is 0.508 e. The number of aliphatic hydroxyl groups is 1. The molecular formula is C42H58O6. The quantitative estimate of drug-likeness (QED) is 0.183. The minimum absolute atomic E-state index is 0.00839. The molecule has 2 aromatic rings. The van der Waals surface area contributed by atoms with Crippen LogP contribution in [0.25, 0.3) is 5.57 Å². The number of phenolic OH excluding ortho intramolecular Hbond substituents is 2. The van der Waals surface area contributed by atoms with Crippen LogP contribution in [0.4, 0.5) is 0 Å². The standard InChI is InChI=1S/C21H28O3.C21H30O3/c1-5-6-7-8-14-11-16(22)19-17(12-14)24-21(3,4)15-10-9-13(2)20(23)18(15)19;1-5-6-7-8-14-11-16(22)19-17(12-14)24-20-18(19)15(13(2)3)9-10-21(20,4)23/h11-13,22H,5-10H2,1-4H3;11-12,15,18,20,22-23H,2,5-10H2,1,3-4H3/t;15-,18+,20-,21-/m.0/s1. The van der Waals surface area contributed by atoms with Gasteiger partial charge in [0.15, 0.2) is 5.78 Å². The summed E-state index contributed by atoms with van der Waals surface area (Å²) in [6, 6.07) is 7.78. The molecule has 0 radical (unpaired) electrons. The maximum absolute atomic E-state index is 12.8. The molecular weight excluding hydrogens is 600 g/mol. The molecule has 2 heterocycles. The predicted molar refractivity (Wildman–Crippen MR) is 193 cm³/mol. The number of ketones is 1. The number of hydrogen-bond acceptors (Lipinski definition) is 6. The van der Waals surface area contributed by atoms with Gasteiger partial charge in [0.2, 0.25) is 0 Å². The number of benzene rings is 2. The fraction of sp³-hybridized carbons (Fsp3) is 0.595. The highest BCUT2D eigenvalue weighted by atomic mass is 16.5. The molecule has 1 fully saturated rings. The van der Waals surface area contributed by atoms with E-state index in [4.69, 9.17) is 9.47 Å². The van der Waals surface area contributed by atoms with Crippen molar-refractivity contribution in [2.45, 2.75) is 149 Å². The number of Topliss-reactive ketones (excluding diaryl/α,β-unsaturated/α-hetero) is 1. The van der Waals surface area contributed by atoms with Gasteiger partial charge in [-0.25, -0.2) is 0 Å². The third-order valence-electron chi connectivity index (χ3n) is 11.2. The molecule has 1 unspecified atom stereocenters. The van der Waals surface area contributed by atoms with Crippen molar-refractivity contribution in [2.24, 2.45) is 11.8 Å². The topological polar surface area (TPSA) is 96.2 Å². The zero-order valence-corrected chi connectivity index (χ0v) is 30.4. The van der Waals surface area contributed by atoms with Crippen molar-refractivity contribution >= 4 is 11.4 Å². The first-order chi connectivity index (χ1) is 22.7. The lowest BCUT2D eigenvalue weighted by Gasteiger charge is -2.42. The minimum Gasteiger partial charge on any atom is -0.508 e. The van der Waals surface area contributed by atoms with E-state index in [-0.39, 0.29) is 35.4 Å². The summed E-state index contributed by atoms with van der Waals surface area (Å²) in [6.07, 6.45) is 11.8. The van der Waals surface area contributed by atoms with Crippen molar-refractivity contribution in [1.29, 1.82) is 0 Å². The molecule has 5 atom stereocenters. The van der Waals surface area contributed by atoms with Gasteiger partial charge in [-0.05, 0) is 126 Å². The molecule has 262 valence electrons. The molecule has 1 saturated carbocycles. The lowest BCUT2D eigenvalue weighted by atomic mass is 9.66. The normalized spacial score (nSPS) is 26.6. The van der Waals surface area contributed by atoms with Crippen molar-refractivity contribution in [3.8, 4) is 23.0 Å². The lowest BCUT2D eigenvalue weighted by Crippen LogP contribution is -2.50. The molecule has 0 bridgehead atoms. The van der Waals surface area contributed by atoms with Crippen molar-refractivity contribution < 1.29 is 29.6 Å². The first-order valence-electron chi connectivity index (χ1n) is 18.4. The van der Waals surface area contributed by atoms with Crippen molar-refractivity contribution in [2.75, 3.05) is 0 Å². The first-order valence-corrected chi connectivity index (χ1v) is 18.4. The average Bonchev–Trinajstić information content (AvgIpc) is 3.40. The Kier molecular flexibility index (Phi) is 10.7. The van der Waals surface area contributed by atoms with E-state index in [0.29, 0.717) is 29.1 Å². The monoisotopic (exact) mass is 658 g/mol. The van der Waals surface area contributed by atoms with Crippen LogP contribution in [0.1, 0.15) is 141 Å². The zero-order chi connectivity index (χ0) is 35.0. The van der Waals surface area contributed by atoms with Crippen molar-refractivity contribution in [3.63, 3.8) is 0 Å². The number of hydrogen-bond donors (Lipinski definition) is 3. The number of unbranched alkanes of at least 4 members (excludes halogenated alkanes) is 4. The molecule has 6 heteroatoms. The van der Waals surface area contributed by atoms with E-state index < -0.39 is 11.2 Å². The molecule has 48 heavy (non-hydrogen) atoms. The van der Waals surface area contributed by atoms with E-state index in [1.165, 1.54) is 25.7 Å². The number of fused-ring (bicyclic) bond motifs is 5. The number of carbonyl (C=O) groups excluding carboxylic acids is 1. The third kappa shape index (κ3) is 7.06. The summed E-state index contributed by atoms with van der Waals surface area (Å²) in [5.41, 5.74) is 5.15. The number of carbonyl (C=O) groups is 1. The Balaban J connectivity index is 0.000000188. The second kappa shape index (κ2) is 14.3. The molecule has 6 rings (SSSR count). The number of rotatable bonds is 9. The molecule has 2 aliphatic heterocycles. The van der Waals surface area contributed by atoms with E-state index in [2.05, 4.69) is 26.5 Å². The van der Waals surface area contributed by atoms with E-state index in [1.807, 2.05) is 52.8 Å². The molecule has 6 nitrogen and oxygen atoms in total. The SMILES string of the molecule is C=C(C)[C@@H]1CC[C@](C)(O)[C@H]2Oc3cc(CCCCC)cc(O)c3[C@@H]12.CCCCCc1cc(O)c2c(c1)OC(C)(C)C1=C2C(=O)C(C)CC1. The number of phenols is 2. The van der Waals surface area contributed by atoms with Crippen LogP contribution in [0.2, 0.25) is 0 Å². The smallest absolute Gasteiger partial charge is 0.166 e. The Morgan fingerprint density at radius 2 is 1.52 bits per heavy atom. The summed E-state index contributed by atoms with van der Waals surface area (Å²) in [4.78, 5) is 12.8. The number of aryl methyl sites for hydroxylation is 2. The van der Waals surface area contributed by atoms with Crippen LogP contribution in [0.3, 0.4) is 0 Å². The van der Waals surface area contributed by atoms with Gasteiger partial charge in [-0.3, -0.25) is 4.79 Å². The molecule has 2 aromatic carbocycles. The van der Waals surface area contributed by atoms with Crippen LogP contribution in [0.15, 0.2) is 42.0 Å². The van der Waals surface area contributed by atoms with Gasteiger partial charge in [0.05, 0.1) is 11.2 Å². The number of allylic oxidation sites excluding steroid dienone is 2. The van der Waals surface area contributed by atoms with E-state index in [9.17, 15) is 20.1 Å². The van der Waals surface area contributed by atoms with Crippen LogP contribution in [-0.4, -0.2) is 38.4 Å². The highest BCUT2D eigenvalue weighted by molar-refractivity contribution is 6.25.